The van der Waals surface area contributed by atoms with Crippen molar-refractivity contribution in [2.45, 2.75) is 46.1 Å². The highest BCUT2D eigenvalue weighted by molar-refractivity contribution is 5.81. The van der Waals surface area contributed by atoms with Gasteiger partial charge >= 0.3 is 0 Å². The Morgan fingerprint density at radius 3 is 2.54 bits per heavy atom. The fourth-order valence-electron chi connectivity index (χ4n) is 1.04. The number of carbonyl (C=O) groups excluding carboxylic acids is 1. The Bertz CT molecular complexity index is 146. The molecule has 1 unspecified atom stereocenters. The quantitative estimate of drug-likeness (QED) is 0.614. The van der Waals surface area contributed by atoms with Gasteiger partial charge in [-0.15, -0.1) is 0 Å². The normalized spacial score (nSPS) is 13.0. The zero-order valence-electron chi connectivity index (χ0n) is 8.97. The molecular weight excluding hydrogens is 164 g/mol. The van der Waals surface area contributed by atoms with E-state index in [1.807, 2.05) is 6.92 Å². The second-order valence-electron chi connectivity index (χ2n) is 3.84. The highest BCUT2D eigenvalue weighted by atomic mass is 16.2. The first-order valence-electron chi connectivity index (χ1n) is 5.11. The summed E-state index contributed by atoms with van der Waals surface area (Å²) < 4.78 is 0. The van der Waals surface area contributed by atoms with Crippen LogP contribution in [0.3, 0.4) is 0 Å². The molecule has 0 rings (SSSR count). The third-order valence-corrected chi connectivity index (χ3v) is 2.03. The molecule has 0 aromatic rings. The van der Waals surface area contributed by atoms with Crippen LogP contribution >= 0.6 is 0 Å². The van der Waals surface area contributed by atoms with Crippen LogP contribution < -0.4 is 11.1 Å². The van der Waals surface area contributed by atoms with Gasteiger partial charge in [-0.1, -0.05) is 20.8 Å². The molecule has 3 N–H and O–H groups in total. The van der Waals surface area contributed by atoms with E-state index in [1.54, 1.807) is 0 Å². The Morgan fingerprint density at radius 2 is 2.08 bits per heavy atom. The summed E-state index contributed by atoms with van der Waals surface area (Å²) in [6.07, 6.45) is 2.90. The number of nitrogens with two attached hydrogens (primary N) is 1. The second kappa shape index (κ2) is 6.89. The maximum atomic E-state index is 11.2. The lowest BCUT2D eigenvalue weighted by atomic mass is 10.1. The SMILES string of the molecule is CCC(N)C(=O)NCCCC(C)C. The van der Waals surface area contributed by atoms with Gasteiger partial charge in [-0.25, -0.2) is 0 Å². The van der Waals surface area contributed by atoms with Crippen molar-refractivity contribution in [2.24, 2.45) is 11.7 Å². The molecule has 78 valence electrons. The smallest absolute Gasteiger partial charge is 0.236 e. The lowest BCUT2D eigenvalue weighted by Crippen LogP contribution is -2.40. The van der Waals surface area contributed by atoms with Crippen molar-refractivity contribution in [3.8, 4) is 0 Å². The summed E-state index contributed by atoms with van der Waals surface area (Å²) in [5.74, 6) is 0.683. The predicted molar refractivity (Wildman–Crippen MR) is 55.3 cm³/mol. The van der Waals surface area contributed by atoms with Gasteiger partial charge in [0.1, 0.15) is 0 Å². The molecule has 0 aliphatic carbocycles. The van der Waals surface area contributed by atoms with Gasteiger partial charge in [0.05, 0.1) is 6.04 Å². The molecule has 0 saturated carbocycles. The molecule has 0 radical (unpaired) electrons. The molecular formula is C10H22N2O. The molecule has 13 heavy (non-hydrogen) atoms. The van der Waals surface area contributed by atoms with Crippen molar-refractivity contribution in [3.05, 3.63) is 0 Å². The van der Waals surface area contributed by atoms with Crippen LogP contribution in [0, 0.1) is 5.92 Å². The number of hydrogen-bond donors (Lipinski definition) is 2. The van der Waals surface area contributed by atoms with Crippen LogP contribution in [0.2, 0.25) is 0 Å². The molecule has 0 aliphatic rings. The van der Waals surface area contributed by atoms with E-state index in [9.17, 15) is 4.79 Å². The molecule has 0 fully saturated rings. The minimum Gasteiger partial charge on any atom is -0.355 e. The molecule has 1 amide bonds. The number of hydrogen-bond acceptors (Lipinski definition) is 2. The van der Waals surface area contributed by atoms with Crippen molar-refractivity contribution in [3.63, 3.8) is 0 Å². The average Bonchev–Trinajstić information content (AvgIpc) is 2.10. The van der Waals surface area contributed by atoms with Crippen LogP contribution in [-0.4, -0.2) is 18.5 Å². The van der Waals surface area contributed by atoms with E-state index in [-0.39, 0.29) is 11.9 Å². The molecule has 0 bridgehead atoms. The average molecular weight is 186 g/mol. The number of nitrogens with one attached hydrogen (secondary N) is 1. The van der Waals surface area contributed by atoms with Crippen molar-refractivity contribution < 1.29 is 4.79 Å². The van der Waals surface area contributed by atoms with Gasteiger partial charge < -0.3 is 11.1 Å². The molecule has 0 aliphatic heterocycles. The van der Waals surface area contributed by atoms with Crippen LogP contribution in [0.5, 0.6) is 0 Å². The first-order valence-corrected chi connectivity index (χ1v) is 5.11. The molecule has 0 aromatic heterocycles. The topological polar surface area (TPSA) is 55.1 Å². The maximum Gasteiger partial charge on any atom is 0.236 e. The second-order valence-corrected chi connectivity index (χ2v) is 3.84. The van der Waals surface area contributed by atoms with Crippen molar-refractivity contribution in [1.29, 1.82) is 0 Å². The van der Waals surface area contributed by atoms with Gasteiger partial charge in [0.2, 0.25) is 5.91 Å². The zero-order valence-corrected chi connectivity index (χ0v) is 8.97. The van der Waals surface area contributed by atoms with Crippen LogP contribution in [0.1, 0.15) is 40.0 Å². The fraction of sp³-hybridized carbons (Fsp3) is 0.900. The first kappa shape index (κ1) is 12.4. The summed E-state index contributed by atoms with van der Waals surface area (Å²) in [6, 6.07) is -0.334. The highest BCUT2D eigenvalue weighted by Crippen LogP contribution is 2.01. The molecule has 0 aromatic carbocycles. The monoisotopic (exact) mass is 186 g/mol. The standard InChI is InChI=1S/C10H22N2O/c1-4-9(11)10(13)12-7-5-6-8(2)3/h8-9H,4-7,11H2,1-3H3,(H,12,13). The number of carbonyl (C=O) groups is 1. The largest absolute Gasteiger partial charge is 0.355 e. The van der Waals surface area contributed by atoms with Crippen molar-refractivity contribution in [2.75, 3.05) is 6.54 Å². The summed E-state index contributed by atoms with van der Waals surface area (Å²) in [5.41, 5.74) is 5.55. The van der Waals surface area contributed by atoms with E-state index < -0.39 is 0 Å². The van der Waals surface area contributed by atoms with E-state index in [2.05, 4.69) is 19.2 Å². The number of rotatable bonds is 6. The van der Waals surface area contributed by atoms with E-state index in [1.165, 1.54) is 0 Å². The first-order chi connectivity index (χ1) is 6.07. The zero-order chi connectivity index (χ0) is 10.3. The maximum absolute atomic E-state index is 11.2. The minimum absolute atomic E-state index is 0.0220. The summed E-state index contributed by atoms with van der Waals surface area (Å²) in [5, 5.41) is 2.82. The molecule has 3 heteroatoms. The lowest BCUT2D eigenvalue weighted by Gasteiger charge is -2.10. The summed E-state index contributed by atoms with van der Waals surface area (Å²) in [4.78, 5) is 11.2. The Kier molecular flexibility index (Phi) is 6.59. The Hall–Kier alpha value is -0.570. The Balaban J connectivity index is 3.37. The minimum atomic E-state index is -0.334. The summed E-state index contributed by atoms with van der Waals surface area (Å²) in [6.45, 7) is 7.03. The van der Waals surface area contributed by atoms with Crippen molar-refractivity contribution >= 4 is 5.91 Å². The van der Waals surface area contributed by atoms with Gasteiger partial charge in [-0.2, -0.15) is 0 Å². The van der Waals surface area contributed by atoms with Crippen LogP contribution in [0.15, 0.2) is 0 Å². The molecule has 1 atom stereocenters. The van der Waals surface area contributed by atoms with E-state index in [4.69, 9.17) is 5.73 Å². The van der Waals surface area contributed by atoms with Crippen molar-refractivity contribution in [1.82, 2.24) is 5.32 Å². The Morgan fingerprint density at radius 1 is 1.46 bits per heavy atom. The third kappa shape index (κ3) is 6.58. The molecule has 0 saturated heterocycles. The lowest BCUT2D eigenvalue weighted by molar-refractivity contribution is -0.122. The van der Waals surface area contributed by atoms with E-state index in [0.29, 0.717) is 12.3 Å². The Labute approximate surface area is 81.1 Å². The van der Waals surface area contributed by atoms with Gasteiger partial charge in [0.25, 0.3) is 0 Å². The third-order valence-electron chi connectivity index (χ3n) is 2.03. The van der Waals surface area contributed by atoms with Crippen LogP contribution in [0.4, 0.5) is 0 Å². The van der Waals surface area contributed by atoms with Gasteiger partial charge in [0.15, 0.2) is 0 Å². The van der Waals surface area contributed by atoms with Gasteiger partial charge in [-0.05, 0) is 25.2 Å². The molecule has 0 spiro atoms. The fourth-order valence-corrected chi connectivity index (χ4v) is 1.04. The molecule has 0 heterocycles. The summed E-state index contributed by atoms with van der Waals surface area (Å²) in [7, 11) is 0. The number of amides is 1. The summed E-state index contributed by atoms with van der Waals surface area (Å²) >= 11 is 0. The van der Waals surface area contributed by atoms with Crippen LogP contribution in [-0.2, 0) is 4.79 Å². The van der Waals surface area contributed by atoms with Gasteiger partial charge in [0, 0.05) is 6.54 Å². The van der Waals surface area contributed by atoms with Gasteiger partial charge in [-0.3, -0.25) is 4.79 Å². The molecule has 3 nitrogen and oxygen atoms in total. The van der Waals surface area contributed by atoms with E-state index >= 15 is 0 Å². The van der Waals surface area contributed by atoms with E-state index in [0.717, 1.165) is 19.4 Å². The predicted octanol–water partition coefficient (Wildman–Crippen LogP) is 1.28. The van der Waals surface area contributed by atoms with Crippen LogP contribution in [0.25, 0.3) is 0 Å². The highest BCUT2D eigenvalue weighted by Gasteiger charge is 2.08.